The average molecular weight is 228 g/mol. The summed E-state index contributed by atoms with van der Waals surface area (Å²) in [6.07, 6.45) is 3.67. The summed E-state index contributed by atoms with van der Waals surface area (Å²) in [5, 5.41) is 3.23. The Morgan fingerprint density at radius 3 is 3.00 bits per heavy atom. The van der Waals surface area contributed by atoms with Gasteiger partial charge in [0, 0.05) is 24.3 Å². The lowest BCUT2D eigenvalue weighted by atomic mass is 10.5. The number of nitrogens with one attached hydrogen (secondary N) is 1. The highest BCUT2D eigenvalue weighted by Crippen LogP contribution is 2.21. The van der Waals surface area contributed by atoms with Gasteiger partial charge in [0.1, 0.15) is 0 Å². The molecule has 2 heterocycles. The predicted molar refractivity (Wildman–Crippen MR) is 59.9 cm³/mol. The summed E-state index contributed by atoms with van der Waals surface area (Å²) < 4.78 is 2.76. The molecular weight excluding hydrogens is 218 g/mol. The molecule has 2 aromatic heterocycles. The number of rotatable bonds is 3. The Balaban J connectivity index is 1.98. The lowest BCUT2D eigenvalue weighted by Gasteiger charge is -2.03. The maximum atomic E-state index is 5.82. The second kappa shape index (κ2) is 4.02. The van der Waals surface area contributed by atoms with E-state index in [9.17, 15) is 0 Å². The molecule has 0 unspecified atom stereocenters. The fourth-order valence-electron chi connectivity index (χ4n) is 1.15. The first-order valence-electron chi connectivity index (χ1n) is 4.21. The van der Waals surface area contributed by atoms with E-state index in [0.29, 0.717) is 0 Å². The van der Waals surface area contributed by atoms with Crippen LogP contribution >= 0.6 is 22.9 Å². The molecule has 0 saturated carbocycles. The fourth-order valence-corrected chi connectivity index (χ4v) is 2.18. The van der Waals surface area contributed by atoms with Crippen LogP contribution < -0.4 is 5.32 Å². The molecule has 0 aromatic carbocycles. The molecule has 74 valence electrons. The van der Waals surface area contributed by atoms with Gasteiger partial charge in [0.2, 0.25) is 5.95 Å². The van der Waals surface area contributed by atoms with Crippen LogP contribution in [0.2, 0.25) is 4.34 Å². The van der Waals surface area contributed by atoms with Crippen LogP contribution in [0.1, 0.15) is 4.88 Å². The van der Waals surface area contributed by atoms with Gasteiger partial charge in [0.25, 0.3) is 0 Å². The van der Waals surface area contributed by atoms with Gasteiger partial charge < -0.3 is 9.88 Å². The topological polar surface area (TPSA) is 29.9 Å². The summed E-state index contributed by atoms with van der Waals surface area (Å²) in [5.74, 6) is 0.870. The first-order chi connectivity index (χ1) is 6.75. The highest BCUT2D eigenvalue weighted by Gasteiger charge is 2.00. The van der Waals surface area contributed by atoms with E-state index < -0.39 is 0 Å². The molecule has 0 amide bonds. The van der Waals surface area contributed by atoms with Crippen molar-refractivity contribution in [1.29, 1.82) is 0 Å². The van der Waals surface area contributed by atoms with E-state index in [2.05, 4.69) is 10.3 Å². The van der Waals surface area contributed by atoms with Crippen molar-refractivity contribution in [1.82, 2.24) is 9.55 Å². The van der Waals surface area contributed by atoms with Crippen molar-refractivity contribution in [3.63, 3.8) is 0 Å². The van der Waals surface area contributed by atoms with Gasteiger partial charge in [0.05, 0.1) is 10.9 Å². The first-order valence-corrected chi connectivity index (χ1v) is 5.40. The molecule has 2 aromatic rings. The molecule has 14 heavy (non-hydrogen) atoms. The summed E-state index contributed by atoms with van der Waals surface area (Å²) >= 11 is 7.40. The van der Waals surface area contributed by atoms with Crippen LogP contribution in [0.3, 0.4) is 0 Å². The third kappa shape index (κ3) is 2.08. The monoisotopic (exact) mass is 227 g/mol. The van der Waals surface area contributed by atoms with Crippen LogP contribution in [-0.2, 0) is 13.6 Å². The molecule has 0 aliphatic rings. The molecule has 5 heteroatoms. The molecule has 0 fully saturated rings. The minimum atomic E-state index is 0.766. The predicted octanol–water partition coefficient (Wildman–Crippen LogP) is 2.75. The van der Waals surface area contributed by atoms with Crippen molar-refractivity contribution >= 4 is 28.9 Å². The van der Waals surface area contributed by atoms with Crippen molar-refractivity contribution in [3.8, 4) is 0 Å². The van der Waals surface area contributed by atoms with Gasteiger partial charge >= 0.3 is 0 Å². The molecule has 1 N–H and O–H groups in total. The Kier molecular flexibility index (Phi) is 2.74. The van der Waals surface area contributed by atoms with Crippen LogP contribution in [0.4, 0.5) is 5.95 Å². The quantitative estimate of drug-likeness (QED) is 0.874. The summed E-state index contributed by atoms with van der Waals surface area (Å²) in [6, 6.07) is 3.92. The van der Waals surface area contributed by atoms with Crippen LogP contribution in [-0.4, -0.2) is 9.55 Å². The van der Waals surface area contributed by atoms with E-state index in [4.69, 9.17) is 11.6 Å². The summed E-state index contributed by atoms with van der Waals surface area (Å²) in [4.78, 5) is 5.37. The second-order valence-electron chi connectivity index (χ2n) is 2.92. The summed E-state index contributed by atoms with van der Waals surface area (Å²) in [5.41, 5.74) is 0. The number of aryl methyl sites for hydroxylation is 1. The maximum Gasteiger partial charge on any atom is 0.202 e. The fraction of sp³-hybridized carbons (Fsp3) is 0.222. The SMILES string of the molecule is Cn1ccnc1NCc1ccc(Cl)s1. The van der Waals surface area contributed by atoms with Crippen molar-refractivity contribution in [3.05, 3.63) is 33.7 Å². The van der Waals surface area contributed by atoms with Gasteiger partial charge in [0.15, 0.2) is 0 Å². The second-order valence-corrected chi connectivity index (χ2v) is 4.72. The molecular formula is C9H10ClN3S. The van der Waals surface area contributed by atoms with Crippen LogP contribution in [0.5, 0.6) is 0 Å². The number of hydrogen-bond acceptors (Lipinski definition) is 3. The van der Waals surface area contributed by atoms with Crippen LogP contribution in [0.25, 0.3) is 0 Å². The summed E-state index contributed by atoms with van der Waals surface area (Å²) in [6.45, 7) is 0.766. The minimum absolute atomic E-state index is 0.766. The number of aromatic nitrogens is 2. The molecule has 0 saturated heterocycles. The summed E-state index contributed by atoms with van der Waals surface area (Å²) in [7, 11) is 1.96. The number of anilines is 1. The van der Waals surface area contributed by atoms with Crippen molar-refractivity contribution in [2.45, 2.75) is 6.54 Å². The van der Waals surface area contributed by atoms with Gasteiger partial charge in [-0.3, -0.25) is 0 Å². The first kappa shape index (κ1) is 9.55. The van der Waals surface area contributed by atoms with E-state index >= 15 is 0 Å². The third-order valence-corrected chi connectivity index (χ3v) is 3.10. The molecule has 0 aliphatic carbocycles. The Labute approximate surface area is 91.4 Å². The zero-order chi connectivity index (χ0) is 9.97. The smallest absolute Gasteiger partial charge is 0.202 e. The maximum absolute atomic E-state index is 5.82. The number of imidazole rings is 1. The Bertz CT molecular complexity index is 421. The van der Waals surface area contributed by atoms with E-state index in [-0.39, 0.29) is 0 Å². The largest absolute Gasteiger partial charge is 0.351 e. The Morgan fingerprint density at radius 2 is 2.43 bits per heavy atom. The van der Waals surface area contributed by atoms with E-state index in [0.717, 1.165) is 16.8 Å². The normalized spacial score (nSPS) is 10.4. The number of nitrogens with zero attached hydrogens (tertiary/aromatic N) is 2. The third-order valence-electron chi connectivity index (χ3n) is 1.87. The highest BCUT2D eigenvalue weighted by atomic mass is 35.5. The van der Waals surface area contributed by atoms with Gasteiger partial charge in [-0.25, -0.2) is 4.98 Å². The zero-order valence-electron chi connectivity index (χ0n) is 7.70. The number of hydrogen-bond donors (Lipinski definition) is 1. The van der Waals surface area contributed by atoms with Crippen molar-refractivity contribution in [2.24, 2.45) is 7.05 Å². The van der Waals surface area contributed by atoms with Crippen molar-refractivity contribution < 1.29 is 0 Å². The van der Waals surface area contributed by atoms with Crippen molar-refractivity contribution in [2.75, 3.05) is 5.32 Å². The average Bonchev–Trinajstić information content (AvgIpc) is 2.72. The molecule has 0 aliphatic heterocycles. The van der Waals surface area contributed by atoms with Gasteiger partial charge in [-0.05, 0) is 12.1 Å². The highest BCUT2D eigenvalue weighted by molar-refractivity contribution is 7.16. The van der Waals surface area contributed by atoms with Gasteiger partial charge in [-0.1, -0.05) is 11.6 Å². The zero-order valence-corrected chi connectivity index (χ0v) is 9.27. The lowest BCUT2D eigenvalue weighted by Crippen LogP contribution is -2.03. The van der Waals surface area contributed by atoms with Gasteiger partial charge in [-0.15, -0.1) is 11.3 Å². The van der Waals surface area contributed by atoms with E-state index in [1.807, 2.05) is 29.9 Å². The minimum Gasteiger partial charge on any atom is -0.351 e. The molecule has 0 atom stereocenters. The molecule has 3 nitrogen and oxygen atoms in total. The molecule has 2 rings (SSSR count). The number of halogens is 1. The molecule has 0 spiro atoms. The van der Waals surface area contributed by atoms with E-state index in [1.165, 1.54) is 4.88 Å². The van der Waals surface area contributed by atoms with Crippen LogP contribution in [0, 0.1) is 0 Å². The Hall–Kier alpha value is -1.000. The molecule has 0 bridgehead atoms. The standard InChI is InChI=1S/C9H10ClN3S/c1-13-5-4-11-9(13)12-6-7-2-3-8(10)14-7/h2-5H,6H2,1H3,(H,11,12). The van der Waals surface area contributed by atoms with E-state index in [1.54, 1.807) is 17.5 Å². The molecule has 0 radical (unpaired) electrons. The lowest BCUT2D eigenvalue weighted by molar-refractivity contribution is 0.902. The van der Waals surface area contributed by atoms with Crippen LogP contribution in [0.15, 0.2) is 24.5 Å². The number of thiophene rings is 1. The van der Waals surface area contributed by atoms with Gasteiger partial charge in [-0.2, -0.15) is 0 Å². The Morgan fingerprint density at radius 1 is 1.57 bits per heavy atom.